The molecule has 1 aromatic rings. The van der Waals surface area contributed by atoms with E-state index in [0.717, 1.165) is 25.7 Å². The van der Waals surface area contributed by atoms with Crippen LogP contribution < -0.4 is 5.32 Å². The highest BCUT2D eigenvalue weighted by molar-refractivity contribution is 5.98. The fraction of sp³-hybridized carbons (Fsp3) is 0.650. The number of carbonyl (C=O) groups excluding carboxylic acids is 3. The average Bonchev–Trinajstić information content (AvgIpc) is 3.43. The first-order valence-corrected chi connectivity index (χ1v) is 9.91. The summed E-state index contributed by atoms with van der Waals surface area (Å²) < 4.78 is 10.5. The van der Waals surface area contributed by atoms with Crippen molar-refractivity contribution in [2.75, 3.05) is 13.2 Å². The number of furan rings is 1. The number of likely N-dealkylation sites (tertiary alicyclic amines) is 1. The van der Waals surface area contributed by atoms with Crippen molar-refractivity contribution in [1.29, 1.82) is 0 Å². The van der Waals surface area contributed by atoms with Crippen LogP contribution in [-0.2, 0) is 14.3 Å². The molecule has 0 unspecified atom stereocenters. The van der Waals surface area contributed by atoms with Gasteiger partial charge in [-0.3, -0.25) is 14.4 Å². The standard InChI is InChI=1S/C20H26N2O5/c23-16-12-27-17-6-3-8-22(18(16)17)20(25)15(10-13-4-1-2-5-13)21-19(24)14-7-9-26-11-14/h7,9,11,13,15,17-18H,1-6,8,10,12H2,(H,21,24)/t15-,17+,18+/m0/s1. The number of Topliss-reactive ketones (excluding diaryl/α,β-unsaturated/α-hetero) is 1. The van der Waals surface area contributed by atoms with Gasteiger partial charge in [0.05, 0.1) is 17.9 Å². The van der Waals surface area contributed by atoms with Crippen molar-refractivity contribution < 1.29 is 23.5 Å². The average molecular weight is 374 g/mol. The largest absolute Gasteiger partial charge is 0.472 e. The van der Waals surface area contributed by atoms with Gasteiger partial charge < -0.3 is 19.4 Å². The smallest absolute Gasteiger partial charge is 0.255 e. The summed E-state index contributed by atoms with van der Waals surface area (Å²) >= 11 is 0. The summed E-state index contributed by atoms with van der Waals surface area (Å²) in [5.74, 6) is -0.0801. The molecule has 0 radical (unpaired) electrons. The highest BCUT2D eigenvalue weighted by Gasteiger charge is 2.46. The molecular weight excluding hydrogens is 348 g/mol. The van der Waals surface area contributed by atoms with Gasteiger partial charge in [-0.2, -0.15) is 0 Å². The van der Waals surface area contributed by atoms with E-state index in [1.807, 2.05) is 0 Å². The van der Waals surface area contributed by atoms with Gasteiger partial charge in [0.15, 0.2) is 5.78 Å². The Balaban J connectivity index is 1.52. The Morgan fingerprint density at radius 2 is 2.04 bits per heavy atom. The number of rotatable bonds is 5. The molecule has 7 nitrogen and oxygen atoms in total. The lowest BCUT2D eigenvalue weighted by molar-refractivity contribution is -0.142. The van der Waals surface area contributed by atoms with Crippen LogP contribution in [0.4, 0.5) is 0 Å². The van der Waals surface area contributed by atoms with Crippen molar-refractivity contribution >= 4 is 17.6 Å². The van der Waals surface area contributed by atoms with Crippen molar-refractivity contribution in [3.8, 4) is 0 Å². The first kappa shape index (κ1) is 18.2. The highest BCUT2D eigenvalue weighted by atomic mass is 16.5. The maximum atomic E-state index is 13.4. The quantitative estimate of drug-likeness (QED) is 0.851. The molecule has 3 aliphatic rings. The number of piperidine rings is 1. The number of nitrogens with one attached hydrogen (secondary N) is 1. The van der Waals surface area contributed by atoms with Crippen LogP contribution in [0.15, 0.2) is 23.0 Å². The minimum absolute atomic E-state index is 0.0335. The Morgan fingerprint density at radius 1 is 1.22 bits per heavy atom. The summed E-state index contributed by atoms with van der Waals surface area (Å²) in [5.41, 5.74) is 0.399. The topological polar surface area (TPSA) is 88.9 Å². The van der Waals surface area contributed by atoms with Crippen molar-refractivity contribution in [3.63, 3.8) is 0 Å². The van der Waals surface area contributed by atoms with Gasteiger partial charge in [-0.1, -0.05) is 25.7 Å². The van der Waals surface area contributed by atoms with E-state index in [2.05, 4.69) is 5.32 Å². The molecule has 3 fully saturated rings. The van der Waals surface area contributed by atoms with Crippen LogP contribution in [0, 0.1) is 5.92 Å². The summed E-state index contributed by atoms with van der Waals surface area (Å²) in [6.07, 6.45) is 9.34. The van der Waals surface area contributed by atoms with Crippen LogP contribution in [0.25, 0.3) is 0 Å². The summed E-state index contributed by atoms with van der Waals surface area (Å²) in [5, 5.41) is 2.90. The maximum absolute atomic E-state index is 13.4. The van der Waals surface area contributed by atoms with E-state index >= 15 is 0 Å². The van der Waals surface area contributed by atoms with Crippen LogP contribution in [-0.4, -0.2) is 53.8 Å². The Morgan fingerprint density at radius 3 is 2.78 bits per heavy atom. The molecule has 0 spiro atoms. The summed E-state index contributed by atoms with van der Waals surface area (Å²) in [6.45, 7) is 0.617. The zero-order chi connectivity index (χ0) is 18.8. The van der Waals surface area contributed by atoms with Gasteiger partial charge in [0.25, 0.3) is 5.91 Å². The molecule has 0 bridgehead atoms. The molecule has 1 saturated carbocycles. The van der Waals surface area contributed by atoms with E-state index < -0.39 is 12.1 Å². The van der Waals surface area contributed by atoms with E-state index in [4.69, 9.17) is 9.15 Å². The molecule has 146 valence electrons. The minimum atomic E-state index is -0.623. The number of amides is 2. The lowest BCUT2D eigenvalue weighted by atomic mass is 9.93. The Labute approximate surface area is 158 Å². The molecule has 0 aromatic carbocycles. The Hall–Kier alpha value is -2.15. The fourth-order valence-corrected chi connectivity index (χ4v) is 4.67. The predicted octanol–water partition coefficient (Wildman–Crippen LogP) is 1.92. The van der Waals surface area contributed by atoms with Gasteiger partial charge >= 0.3 is 0 Å². The van der Waals surface area contributed by atoms with E-state index in [9.17, 15) is 14.4 Å². The third-order valence-electron chi connectivity index (χ3n) is 6.06. The van der Waals surface area contributed by atoms with E-state index in [1.165, 1.54) is 25.4 Å². The minimum Gasteiger partial charge on any atom is -0.472 e. The number of nitrogens with zero attached hydrogens (tertiary/aromatic N) is 1. The van der Waals surface area contributed by atoms with Gasteiger partial charge in [0.2, 0.25) is 5.91 Å². The molecule has 27 heavy (non-hydrogen) atoms. The molecule has 2 saturated heterocycles. The molecule has 4 rings (SSSR count). The molecule has 1 aliphatic carbocycles. The molecule has 7 heteroatoms. The van der Waals surface area contributed by atoms with Gasteiger partial charge in [-0.15, -0.1) is 0 Å². The van der Waals surface area contributed by atoms with Crippen molar-refractivity contribution in [1.82, 2.24) is 10.2 Å². The summed E-state index contributed by atoms with van der Waals surface area (Å²) in [4.78, 5) is 39.8. The van der Waals surface area contributed by atoms with Crippen LogP contribution in [0.2, 0.25) is 0 Å². The molecule has 1 N–H and O–H groups in total. The Kier molecular flexibility index (Phi) is 5.29. The van der Waals surface area contributed by atoms with Crippen LogP contribution in [0.3, 0.4) is 0 Å². The zero-order valence-corrected chi connectivity index (χ0v) is 15.4. The second-order valence-electron chi connectivity index (χ2n) is 7.86. The Bertz CT molecular complexity index is 695. The number of carbonyl (C=O) groups is 3. The number of hydrogen-bond donors (Lipinski definition) is 1. The van der Waals surface area contributed by atoms with Gasteiger partial charge in [0.1, 0.15) is 25.0 Å². The zero-order valence-electron chi connectivity index (χ0n) is 15.4. The monoisotopic (exact) mass is 374 g/mol. The van der Waals surface area contributed by atoms with Crippen molar-refractivity contribution in [2.45, 2.75) is 63.1 Å². The molecule has 3 atom stereocenters. The van der Waals surface area contributed by atoms with Gasteiger partial charge in [-0.05, 0) is 31.2 Å². The van der Waals surface area contributed by atoms with Crippen molar-refractivity contribution in [2.24, 2.45) is 5.92 Å². The summed E-state index contributed by atoms with van der Waals surface area (Å²) in [6, 6.07) is 0.461. The fourth-order valence-electron chi connectivity index (χ4n) is 4.67. The number of ketones is 1. The summed E-state index contributed by atoms with van der Waals surface area (Å²) in [7, 11) is 0. The van der Waals surface area contributed by atoms with Crippen LogP contribution in [0.1, 0.15) is 55.3 Å². The molecule has 1 aromatic heterocycles. The number of ether oxygens (including phenoxy) is 1. The first-order chi connectivity index (χ1) is 13.1. The lowest BCUT2D eigenvalue weighted by Gasteiger charge is -2.38. The van der Waals surface area contributed by atoms with Gasteiger partial charge in [-0.25, -0.2) is 0 Å². The molecule has 3 heterocycles. The normalized spacial score (nSPS) is 26.8. The van der Waals surface area contributed by atoms with Gasteiger partial charge in [0, 0.05) is 6.54 Å². The maximum Gasteiger partial charge on any atom is 0.255 e. The molecule has 2 aliphatic heterocycles. The number of hydrogen-bond acceptors (Lipinski definition) is 5. The number of fused-ring (bicyclic) bond motifs is 1. The third kappa shape index (κ3) is 3.78. The van der Waals surface area contributed by atoms with E-state index in [-0.39, 0.29) is 30.3 Å². The van der Waals surface area contributed by atoms with E-state index in [0.29, 0.717) is 24.4 Å². The lowest BCUT2D eigenvalue weighted by Crippen LogP contribution is -2.58. The second-order valence-corrected chi connectivity index (χ2v) is 7.86. The van der Waals surface area contributed by atoms with Crippen LogP contribution >= 0.6 is 0 Å². The predicted molar refractivity (Wildman–Crippen MR) is 96.0 cm³/mol. The SMILES string of the molecule is O=C(N[C@@H](CC1CCCC1)C(=O)N1CCC[C@H]2OCC(=O)[C@H]21)c1ccoc1. The van der Waals surface area contributed by atoms with E-state index in [1.54, 1.807) is 11.0 Å². The van der Waals surface area contributed by atoms with Crippen molar-refractivity contribution in [3.05, 3.63) is 24.2 Å². The third-order valence-corrected chi connectivity index (χ3v) is 6.06. The molecule has 2 amide bonds. The second kappa shape index (κ2) is 7.84. The first-order valence-electron chi connectivity index (χ1n) is 9.91. The van der Waals surface area contributed by atoms with Crippen LogP contribution in [0.5, 0.6) is 0 Å². The highest BCUT2D eigenvalue weighted by Crippen LogP contribution is 2.31. The molecular formula is C20H26N2O5.